The number of nitro groups is 1. The molecular formula is C20H18N2O4S. The Hall–Kier alpha value is -3.06. The number of hydrogen-bond donors (Lipinski definition) is 1. The fraction of sp³-hybridized carbons (Fsp3) is 0.150. The van der Waals surface area contributed by atoms with E-state index in [0.29, 0.717) is 23.4 Å². The minimum atomic E-state index is -0.559. The van der Waals surface area contributed by atoms with Gasteiger partial charge in [0.1, 0.15) is 5.75 Å². The summed E-state index contributed by atoms with van der Waals surface area (Å²) in [5, 5.41) is 11.4. The van der Waals surface area contributed by atoms with Crippen molar-refractivity contribution in [2.75, 3.05) is 6.26 Å². The van der Waals surface area contributed by atoms with E-state index in [1.165, 1.54) is 6.07 Å². The standard InChI is InChI=1S/C20H18N2O4S/c1-3-13-12-17(20(23)26-14-8-10-15(27-2)11-9-14)19(21-13)16-6-4-5-7-18(16)22(24)25/h4-12,21H,3H2,1-2H3. The lowest BCUT2D eigenvalue weighted by Gasteiger charge is -2.07. The number of benzene rings is 2. The zero-order valence-electron chi connectivity index (χ0n) is 14.9. The lowest BCUT2D eigenvalue weighted by atomic mass is 10.1. The first-order chi connectivity index (χ1) is 13.0. The van der Waals surface area contributed by atoms with Gasteiger partial charge in [0.05, 0.1) is 21.7 Å². The molecule has 0 aliphatic heterocycles. The Kier molecular flexibility index (Phi) is 5.61. The minimum absolute atomic E-state index is 0.0691. The SMILES string of the molecule is CCc1cc(C(=O)Oc2ccc(SC)cc2)c(-c2ccccc2[N+](=O)[O-])[nH]1. The molecule has 6 nitrogen and oxygen atoms in total. The number of aromatic nitrogens is 1. The van der Waals surface area contributed by atoms with Gasteiger partial charge in [-0.2, -0.15) is 0 Å². The summed E-state index contributed by atoms with van der Waals surface area (Å²) in [7, 11) is 0. The van der Waals surface area contributed by atoms with Crippen LogP contribution in [0.15, 0.2) is 59.5 Å². The summed E-state index contributed by atoms with van der Waals surface area (Å²) in [5.41, 5.74) is 1.75. The number of para-hydroxylation sites is 1. The molecule has 2 aromatic carbocycles. The van der Waals surface area contributed by atoms with Gasteiger partial charge in [0.15, 0.2) is 0 Å². The van der Waals surface area contributed by atoms with E-state index in [4.69, 9.17) is 4.74 Å². The van der Waals surface area contributed by atoms with Gasteiger partial charge in [0.25, 0.3) is 5.69 Å². The van der Waals surface area contributed by atoms with Crippen LogP contribution in [-0.4, -0.2) is 22.1 Å². The summed E-state index contributed by atoms with van der Waals surface area (Å²) in [4.78, 5) is 27.9. The van der Waals surface area contributed by atoms with Gasteiger partial charge in [-0.05, 0) is 49.1 Å². The molecule has 0 bridgehead atoms. The first-order valence-electron chi connectivity index (χ1n) is 8.35. The number of aryl methyl sites for hydroxylation is 1. The van der Waals surface area contributed by atoms with Gasteiger partial charge in [-0.3, -0.25) is 10.1 Å². The van der Waals surface area contributed by atoms with E-state index in [1.807, 2.05) is 25.3 Å². The Balaban J connectivity index is 1.99. The molecule has 0 saturated carbocycles. The molecule has 27 heavy (non-hydrogen) atoms. The third-order valence-electron chi connectivity index (χ3n) is 4.11. The van der Waals surface area contributed by atoms with Crippen LogP contribution in [-0.2, 0) is 6.42 Å². The van der Waals surface area contributed by atoms with Crippen molar-refractivity contribution in [2.24, 2.45) is 0 Å². The molecule has 1 aromatic heterocycles. The van der Waals surface area contributed by atoms with Gasteiger partial charge in [-0.25, -0.2) is 4.79 Å². The second-order valence-electron chi connectivity index (χ2n) is 5.78. The highest BCUT2D eigenvalue weighted by Crippen LogP contribution is 2.33. The predicted molar refractivity (Wildman–Crippen MR) is 105 cm³/mol. The lowest BCUT2D eigenvalue weighted by Crippen LogP contribution is -2.09. The average Bonchev–Trinajstić information content (AvgIpc) is 3.13. The molecule has 0 radical (unpaired) electrons. The van der Waals surface area contributed by atoms with Crippen molar-refractivity contribution in [3.8, 4) is 17.0 Å². The van der Waals surface area contributed by atoms with Crippen LogP contribution >= 0.6 is 11.8 Å². The molecule has 1 N–H and O–H groups in total. The van der Waals surface area contributed by atoms with E-state index >= 15 is 0 Å². The average molecular weight is 382 g/mol. The molecule has 0 aliphatic rings. The zero-order valence-corrected chi connectivity index (χ0v) is 15.7. The number of esters is 1. The molecule has 0 amide bonds. The summed E-state index contributed by atoms with van der Waals surface area (Å²) in [6.45, 7) is 1.94. The summed E-state index contributed by atoms with van der Waals surface area (Å²) < 4.78 is 5.48. The lowest BCUT2D eigenvalue weighted by molar-refractivity contribution is -0.384. The van der Waals surface area contributed by atoms with Crippen molar-refractivity contribution < 1.29 is 14.5 Å². The number of hydrogen-bond acceptors (Lipinski definition) is 5. The molecule has 1 heterocycles. The van der Waals surface area contributed by atoms with Crippen LogP contribution in [0.3, 0.4) is 0 Å². The van der Waals surface area contributed by atoms with Crippen LogP contribution in [0.2, 0.25) is 0 Å². The number of carbonyl (C=O) groups is 1. The maximum absolute atomic E-state index is 12.8. The maximum Gasteiger partial charge on any atom is 0.345 e. The van der Waals surface area contributed by atoms with E-state index in [1.54, 1.807) is 48.2 Å². The summed E-state index contributed by atoms with van der Waals surface area (Å²) >= 11 is 1.59. The van der Waals surface area contributed by atoms with Crippen LogP contribution in [0.1, 0.15) is 23.0 Å². The quantitative estimate of drug-likeness (QED) is 0.211. The molecule has 0 atom stereocenters. The number of nitro benzene ring substituents is 1. The van der Waals surface area contributed by atoms with Crippen molar-refractivity contribution in [1.29, 1.82) is 0 Å². The second kappa shape index (κ2) is 8.09. The maximum atomic E-state index is 12.8. The van der Waals surface area contributed by atoms with Gasteiger partial charge >= 0.3 is 5.97 Å². The van der Waals surface area contributed by atoms with E-state index in [0.717, 1.165) is 10.6 Å². The van der Waals surface area contributed by atoms with Gasteiger partial charge < -0.3 is 9.72 Å². The highest BCUT2D eigenvalue weighted by molar-refractivity contribution is 7.98. The van der Waals surface area contributed by atoms with Crippen molar-refractivity contribution >= 4 is 23.4 Å². The summed E-state index contributed by atoms with van der Waals surface area (Å²) in [6.07, 6.45) is 2.62. The molecular weight excluding hydrogens is 364 g/mol. The van der Waals surface area contributed by atoms with E-state index in [2.05, 4.69) is 4.98 Å². The highest BCUT2D eigenvalue weighted by Gasteiger charge is 2.24. The highest BCUT2D eigenvalue weighted by atomic mass is 32.2. The molecule has 0 saturated heterocycles. The summed E-state index contributed by atoms with van der Waals surface area (Å²) in [6, 6.07) is 15.2. The monoisotopic (exact) mass is 382 g/mol. The number of aromatic amines is 1. The Labute approximate surface area is 160 Å². The fourth-order valence-electron chi connectivity index (χ4n) is 2.72. The topological polar surface area (TPSA) is 85.2 Å². The third-order valence-corrected chi connectivity index (χ3v) is 4.86. The number of thioether (sulfide) groups is 1. The van der Waals surface area contributed by atoms with E-state index < -0.39 is 10.9 Å². The number of H-pyrrole nitrogens is 1. The molecule has 0 aliphatic carbocycles. The van der Waals surface area contributed by atoms with Gasteiger partial charge in [0, 0.05) is 16.7 Å². The largest absolute Gasteiger partial charge is 0.423 e. The molecule has 0 unspecified atom stereocenters. The van der Waals surface area contributed by atoms with Gasteiger partial charge in [0.2, 0.25) is 0 Å². The van der Waals surface area contributed by atoms with Crippen LogP contribution in [0.25, 0.3) is 11.3 Å². The van der Waals surface area contributed by atoms with Crippen LogP contribution < -0.4 is 4.74 Å². The first-order valence-corrected chi connectivity index (χ1v) is 9.57. The fourth-order valence-corrected chi connectivity index (χ4v) is 3.13. The number of carbonyl (C=O) groups excluding carboxylic acids is 1. The van der Waals surface area contributed by atoms with Crippen molar-refractivity contribution in [1.82, 2.24) is 4.98 Å². The Bertz CT molecular complexity index is 980. The van der Waals surface area contributed by atoms with Crippen molar-refractivity contribution in [3.05, 3.63) is 76.0 Å². The van der Waals surface area contributed by atoms with E-state index in [-0.39, 0.29) is 11.3 Å². The first kappa shape index (κ1) is 18.7. The van der Waals surface area contributed by atoms with Gasteiger partial charge in [-0.1, -0.05) is 19.1 Å². The molecule has 3 rings (SSSR count). The molecule has 138 valence electrons. The Morgan fingerprint density at radius 3 is 2.52 bits per heavy atom. The zero-order chi connectivity index (χ0) is 19.4. The van der Waals surface area contributed by atoms with Crippen LogP contribution in [0, 0.1) is 10.1 Å². The van der Waals surface area contributed by atoms with Crippen molar-refractivity contribution in [2.45, 2.75) is 18.2 Å². The molecule has 0 fully saturated rings. The number of nitrogens with one attached hydrogen (secondary N) is 1. The van der Waals surface area contributed by atoms with Crippen LogP contribution in [0.5, 0.6) is 5.75 Å². The number of nitrogens with zero attached hydrogens (tertiary/aromatic N) is 1. The van der Waals surface area contributed by atoms with Gasteiger partial charge in [-0.15, -0.1) is 11.8 Å². The minimum Gasteiger partial charge on any atom is -0.423 e. The van der Waals surface area contributed by atoms with E-state index in [9.17, 15) is 14.9 Å². The second-order valence-corrected chi connectivity index (χ2v) is 6.66. The number of rotatable bonds is 6. The molecule has 7 heteroatoms. The smallest absolute Gasteiger partial charge is 0.345 e. The Morgan fingerprint density at radius 2 is 1.89 bits per heavy atom. The number of ether oxygens (including phenoxy) is 1. The summed E-state index contributed by atoms with van der Waals surface area (Å²) in [5.74, 6) is -0.137. The third kappa shape index (κ3) is 4.03. The van der Waals surface area contributed by atoms with Crippen LogP contribution in [0.4, 0.5) is 5.69 Å². The Morgan fingerprint density at radius 1 is 1.19 bits per heavy atom. The molecule has 0 spiro atoms. The van der Waals surface area contributed by atoms with Crippen molar-refractivity contribution in [3.63, 3.8) is 0 Å². The normalized spacial score (nSPS) is 10.6. The molecule has 3 aromatic rings. The predicted octanol–water partition coefficient (Wildman–Crippen LogP) is 5.09.